The van der Waals surface area contributed by atoms with Crippen LogP contribution in [-0.2, 0) is 37.2 Å². The third-order valence-corrected chi connectivity index (χ3v) is 7.43. The first-order chi connectivity index (χ1) is 19.8. The molecule has 0 aromatic heterocycles. The number of nitrogens with two attached hydrogens (primary N) is 1. The predicted octanol–water partition coefficient (Wildman–Crippen LogP) is 2.40. The number of ether oxygens (including phenoxy) is 1. The third-order valence-electron chi connectivity index (χ3n) is 5.91. The van der Waals surface area contributed by atoms with E-state index in [0.717, 1.165) is 18.2 Å². The molecule has 0 spiro atoms. The van der Waals surface area contributed by atoms with E-state index >= 15 is 0 Å². The van der Waals surface area contributed by atoms with Gasteiger partial charge in [-0.1, -0.05) is 24.3 Å². The van der Waals surface area contributed by atoms with Gasteiger partial charge in [-0.2, -0.15) is 4.72 Å². The number of esters is 1. The number of nitro benzene ring substituents is 2. The fourth-order valence-electron chi connectivity index (χ4n) is 3.88. The van der Waals surface area contributed by atoms with Crippen LogP contribution < -0.4 is 15.8 Å². The number of sulfonamides is 1. The highest BCUT2D eigenvalue weighted by Crippen LogP contribution is 2.28. The molecule has 0 aliphatic carbocycles. The fourth-order valence-corrected chi connectivity index (χ4v) is 5.23. The van der Waals surface area contributed by atoms with Crippen molar-refractivity contribution in [1.29, 1.82) is 0 Å². The highest BCUT2D eigenvalue weighted by molar-refractivity contribution is 7.89. The lowest BCUT2D eigenvalue weighted by Crippen LogP contribution is -2.53. The summed E-state index contributed by atoms with van der Waals surface area (Å²) < 4.78 is 47.2. The maximum Gasteiger partial charge on any atom is 0.328 e. The van der Waals surface area contributed by atoms with E-state index in [2.05, 4.69) is 10.0 Å². The van der Waals surface area contributed by atoms with E-state index in [4.69, 9.17) is 10.5 Å². The summed E-state index contributed by atoms with van der Waals surface area (Å²) in [5.74, 6) is -2.34. The molecule has 16 heteroatoms. The van der Waals surface area contributed by atoms with Gasteiger partial charge in [-0.3, -0.25) is 25.0 Å². The van der Waals surface area contributed by atoms with Crippen molar-refractivity contribution >= 4 is 39.0 Å². The third kappa shape index (κ3) is 8.28. The number of carbonyl (C=O) groups is 2. The Morgan fingerprint density at radius 1 is 0.929 bits per heavy atom. The average molecular weight is 604 g/mol. The van der Waals surface area contributed by atoms with Crippen molar-refractivity contribution in [3.05, 3.63) is 104 Å². The Morgan fingerprint density at radius 3 is 2.05 bits per heavy atom. The summed E-state index contributed by atoms with van der Waals surface area (Å²) in [4.78, 5) is 45.9. The molecular weight excluding hydrogens is 577 g/mol. The van der Waals surface area contributed by atoms with Gasteiger partial charge in [-0.25, -0.2) is 17.6 Å². The maximum atomic E-state index is 13.5. The lowest BCUT2D eigenvalue weighted by Gasteiger charge is -2.23. The smallest absolute Gasteiger partial charge is 0.328 e. The number of hydrogen-bond acceptors (Lipinski definition) is 10. The first-order valence-corrected chi connectivity index (χ1v) is 13.8. The zero-order valence-electron chi connectivity index (χ0n) is 22.1. The van der Waals surface area contributed by atoms with E-state index in [9.17, 15) is 42.6 Å². The molecule has 3 aromatic rings. The topological polar surface area (TPSA) is 214 Å². The first-order valence-electron chi connectivity index (χ1n) is 12.3. The fraction of sp³-hybridized carbons (Fsp3) is 0.231. The number of nitrogens with zero attached hydrogens (tertiary/aromatic N) is 2. The lowest BCUT2D eigenvalue weighted by atomic mass is 10.0. The standard InChI is InChI=1S/C26H26FN5O9S/c1-2-41-26(34)22(14-16-3-7-18(27)8-4-16)29-25(33)21(13-17-5-9-19(28)10-6-17)30-42(39,40)24-12-11-20(31(35)36)15-23(24)32(37)38/h3-12,15,21-22,30H,2,13-14,28H2,1H3,(H,29,33)/t21-,22-/m0/s1. The van der Waals surface area contributed by atoms with E-state index in [1.165, 1.54) is 36.4 Å². The normalized spacial score (nSPS) is 12.6. The van der Waals surface area contributed by atoms with Crippen LogP contribution in [0, 0.1) is 26.0 Å². The summed E-state index contributed by atoms with van der Waals surface area (Å²) in [6.45, 7) is 1.52. The second kappa shape index (κ2) is 13.6. The van der Waals surface area contributed by atoms with E-state index in [-0.39, 0.29) is 19.4 Å². The second-order valence-corrected chi connectivity index (χ2v) is 10.6. The number of nitrogens with one attached hydrogen (secondary N) is 2. The predicted molar refractivity (Wildman–Crippen MR) is 147 cm³/mol. The minimum absolute atomic E-state index is 0.0278. The minimum atomic E-state index is -4.84. The molecule has 0 aliphatic heterocycles. The number of amides is 1. The van der Waals surface area contributed by atoms with Crippen LogP contribution >= 0.6 is 0 Å². The molecular formula is C26H26FN5O9S. The first kappa shape index (κ1) is 31.6. The van der Waals surface area contributed by atoms with Crippen LogP contribution in [0.3, 0.4) is 0 Å². The lowest BCUT2D eigenvalue weighted by molar-refractivity contribution is -0.396. The average Bonchev–Trinajstić information content (AvgIpc) is 2.94. The molecule has 3 aromatic carbocycles. The van der Waals surface area contributed by atoms with Gasteiger partial charge in [0.25, 0.3) is 11.4 Å². The molecule has 222 valence electrons. The molecule has 0 saturated heterocycles. The van der Waals surface area contributed by atoms with Crippen LogP contribution in [0.2, 0.25) is 0 Å². The molecule has 0 saturated carbocycles. The number of non-ortho nitro benzene ring substituents is 1. The van der Waals surface area contributed by atoms with Crippen molar-refractivity contribution < 1.29 is 37.0 Å². The van der Waals surface area contributed by atoms with Crippen molar-refractivity contribution in [2.24, 2.45) is 0 Å². The van der Waals surface area contributed by atoms with Crippen molar-refractivity contribution in [3.63, 3.8) is 0 Å². The zero-order chi connectivity index (χ0) is 31.0. The zero-order valence-corrected chi connectivity index (χ0v) is 22.9. The molecule has 0 heterocycles. The van der Waals surface area contributed by atoms with Crippen molar-refractivity contribution in [2.75, 3.05) is 12.3 Å². The summed E-state index contributed by atoms with van der Waals surface area (Å²) in [6, 6.07) is 10.2. The number of carbonyl (C=O) groups excluding carboxylic acids is 2. The minimum Gasteiger partial charge on any atom is -0.464 e. The number of benzene rings is 3. The Labute approximate surface area is 239 Å². The molecule has 0 aliphatic rings. The second-order valence-electron chi connectivity index (χ2n) is 8.93. The molecule has 14 nitrogen and oxygen atoms in total. The highest BCUT2D eigenvalue weighted by atomic mass is 32.2. The van der Waals surface area contributed by atoms with Crippen LogP contribution in [0.1, 0.15) is 18.1 Å². The molecule has 0 radical (unpaired) electrons. The van der Waals surface area contributed by atoms with E-state index in [1.54, 1.807) is 6.92 Å². The number of rotatable bonds is 13. The largest absolute Gasteiger partial charge is 0.464 e. The number of nitro groups is 2. The summed E-state index contributed by atoms with van der Waals surface area (Å²) in [5, 5.41) is 25.1. The Balaban J connectivity index is 1.98. The maximum absolute atomic E-state index is 13.5. The SMILES string of the molecule is CCOC(=O)[C@H](Cc1ccc(F)cc1)NC(=O)[C@H](Cc1ccc(N)cc1)NS(=O)(=O)c1ccc([N+](=O)[O-])cc1[N+](=O)[O-]. The van der Waals surface area contributed by atoms with Gasteiger partial charge in [0.1, 0.15) is 17.9 Å². The van der Waals surface area contributed by atoms with Gasteiger partial charge in [0, 0.05) is 18.2 Å². The van der Waals surface area contributed by atoms with Gasteiger partial charge in [0.05, 0.1) is 22.5 Å². The summed E-state index contributed by atoms with van der Waals surface area (Å²) in [5.41, 5.74) is 5.21. The van der Waals surface area contributed by atoms with Crippen molar-refractivity contribution in [3.8, 4) is 0 Å². The van der Waals surface area contributed by atoms with Crippen molar-refractivity contribution in [1.82, 2.24) is 10.0 Å². The van der Waals surface area contributed by atoms with E-state index < -0.39 is 65.9 Å². The molecule has 42 heavy (non-hydrogen) atoms. The molecule has 0 unspecified atom stereocenters. The van der Waals surface area contributed by atoms with Crippen molar-refractivity contribution in [2.45, 2.75) is 36.7 Å². The van der Waals surface area contributed by atoms with Crippen LogP contribution in [0.25, 0.3) is 0 Å². The van der Waals surface area contributed by atoms with Gasteiger partial charge in [0.15, 0.2) is 4.90 Å². The van der Waals surface area contributed by atoms with Crippen LogP contribution in [0.4, 0.5) is 21.5 Å². The molecule has 0 bridgehead atoms. The number of nitrogen functional groups attached to an aromatic ring is 1. The quantitative estimate of drug-likeness (QED) is 0.112. The Hall–Kier alpha value is -4.96. The van der Waals surface area contributed by atoms with Gasteiger partial charge in [-0.15, -0.1) is 0 Å². The molecule has 4 N–H and O–H groups in total. The Kier molecular flexibility index (Phi) is 10.2. The summed E-state index contributed by atoms with van der Waals surface area (Å²) >= 11 is 0. The van der Waals surface area contributed by atoms with Gasteiger partial charge in [-0.05, 0) is 54.8 Å². The molecule has 0 fully saturated rings. The van der Waals surface area contributed by atoms with Crippen LogP contribution in [-0.4, -0.2) is 48.8 Å². The van der Waals surface area contributed by atoms with Gasteiger partial charge >= 0.3 is 5.97 Å². The number of hydrogen-bond donors (Lipinski definition) is 3. The van der Waals surface area contributed by atoms with Gasteiger partial charge in [0.2, 0.25) is 15.9 Å². The highest BCUT2D eigenvalue weighted by Gasteiger charge is 2.34. The summed E-state index contributed by atoms with van der Waals surface area (Å²) in [6.07, 6.45) is -0.405. The van der Waals surface area contributed by atoms with E-state index in [1.807, 2.05) is 0 Å². The summed E-state index contributed by atoms with van der Waals surface area (Å²) in [7, 11) is -4.84. The van der Waals surface area contributed by atoms with Gasteiger partial charge < -0.3 is 15.8 Å². The van der Waals surface area contributed by atoms with Crippen LogP contribution in [0.5, 0.6) is 0 Å². The molecule has 1 amide bonds. The number of halogens is 1. The Bertz CT molecular complexity index is 1580. The van der Waals surface area contributed by atoms with Crippen LogP contribution in [0.15, 0.2) is 71.6 Å². The van der Waals surface area contributed by atoms with E-state index in [0.29, 0.717) is 28.9 Å². The molecule has 3 rings (SSSR count). The monoisotopic (exact) mass is 603 g/mol. The number of anilines is 1. The Morgan fingerprint density at radius 2 is 1.50 bits per heavy atom. The molecule has 2 atom stereocenters.